The average Bonchev–Trinajstić information content (AvgIpc) is 2.38. The number of nitrogens with two attached hydrogens (primary N) is 2. The molecule has 9 heteroatoms. The van der Waals surface area contributed by atoms with E-state index in [9.17, 15) is 9.59 Å². The Morgan fingerprint density at radius 2 is 1.53 bits per heavy atom. The number of amides is 2. The first-order valence-corrected chi connectivity index (χ1v) is 7.21. The van der Waals surface area contributed by atoms with E-state index in [1.165, 1.54) is 0 Å². The lowest BCUT2D eigenvalue weighted by molar-refractivity contribution is -0.135. The van der Waals surface area contributed by atoms with E-state index >= 15 is 0 Å². The lowest BCUT2D eigenvalue weighted by atomic mass is 10.1. The fourth-order valence-corrected chi connectivity index (χ4v) is 1.80. The average molecular weight is 309 g/mol. The van der Waals surface area contributed by atoms with Gasteiger partial charge in [-0.05, 0) is 13.5 Å². The molecule has 0 rings (SSSR count). The van der Waals surface area contributed by atoms with Crippen molar-refractivity contribution in [2.75, 3.05) is 24.6 Å². The molecule has 0 aliphatic heterocycles. The third kappa shape index (κ3) is 4.84. The minimum Gasteiger partial charge on any atom is -0.353 e. The van der Waals surface area contributed by atoms with Gasteiger partial charge >= 0.3 is 0 Å². The van der Waals surface area contributed by atoms with E-state index in [-0.39, 0.29) is 11.5 Å². The van der Waals surface area contributed by atoms with Crippen LogP contribution in [-0.4, -0.2) is 47.7 Å². The molecule has 0 aromatic rings. The fraction of sp³-hybridized carbons (Fsp3) is 0.800. The van der Waals surface area contributed by atoms with Gasteiger partial charge in [0, 0.05) is 18.1 Å². The van der Waals surface area contributed by atoms with Gasteiger partial charge in [-0.1, -0.05) is 6.92 Å². The van der Waals surface area contributed by atoms with Crippen LogP contribution in [0.2, 0.25) is 0 Å². The summed E-state index contributed by atoms with van der Waals surface area (Å²) in [6.45, 7) is 4.42. The van der Waals surface area contributed by atoms with E-state index in [2.05, 4.69) is 41.2 Å². The van der Waals surface area contributed by atoms with Gasteiger partial charge in [0.1, 0.15) is 0 Å². The number of rotatable bonds is 8. The van der Waals surface area contributed by atoms with Gasteiger partial charge in [0.2, 0.25) is 0 Å². The first-order chi connectivity index (χ1) is 8.79. The van der Waals surface area contributed by atoms with Gasteiger partial charge in [-0.15, -0.1) is 0 Å². The van der Waals surface area contributed by atoms with Crippen LogP contribution in [0, 0.1) is 0 Å². The molecular formula is C10H23N5O2S2. The summed E-state index contributed by atoms with van der Waals surface area (Å²) in [5, 5.41) is 7.76. The van der Waals surface area contributed by atoms with Crippen LogP contribution in [0.1, 0.15) is 13.8 Å². The highest BCUT2D eigenvalue weighted by atomic mass is 32.1. The molecule has 0 bridgehead atoms. The quantitative estimate of drug-likeness (QED) is 0.207. The minimum absolute atomic E-state index is 0.0562. The van der Waals surface area contributed by atoms with Gasteiger partial charge in [-0.2, -0.15) is 25.3 Å². The maximum atomic E-state index is 12.1. The molecule has 0 aliphatic rings. The number of thiol groups is 2. The summed E-state index contributed by atoms with van der Waals surface area (Å²) in [5.74, 6) is -1.12. The number of carbonyl (C=O) groups is 2. The Morgan fingerprint density at radius 3 is 1.89 bits per heavy atom. The summed E-state index contributed by atoms with van der Waals surface area (Å²) >= 11 is 8.04. The molecule has 2 atom stereocenters. The van der Waals surface area contributed by atoms with Crippen molar-refractivity contribution in [3.8, 4) is 0 Å². The zero-order valence-corrected chi connectivity index (χ0v) is 13.0. The Bertz CT molecular complexity index is 331. The molecule has 0 aromatic carbocycles. The van der Waals surface area contributed by atoms with Crippen molar-refractivity contribution in [2.45, 2.75) is 25.2 Å². The van der Waals surface area contributed by atoms with E-state index in [1.807, 2.05) is 0 Å². The molecule has 7 nitrogen and oxygen atoms in total. The summed E-state index contributed by atoms with van der Waals surface area (Å²) in [5.41, 5.74) is 8.72. The summed E-state index contributed by atoms with van der Waals surface area (Å²) in [6.07, 6.45) is 0. The monoisotopic (exact) mass is 309 g/mol. The molecule has 19 heavy (non-hydrogen) atoms. The van der Waals surface area contributed by atoms with Crippen LogP contribution < -0.4 is 27.4 Å². The number of carbonyl (C=O) groups excluding carboxylic acids is 2. The molecule has 0 spiro atoms. The van der Waals surface area contributed by atoms with Gasteiger partial charge in [0.25, 0.3) is 11.8 Å². The topological polar surface area (TPSA) is 122 Å². The Kier molecular flexibility index (Phi) is 7.75. The second kappa shape index (κ2) is 7.95. The normalized spacial score (nSPS) is 17.2. The molecule has 0 radical (unpaired) electrons. The van der Waals surface area contributed by atoms with Crippen LogP contribution in [0.25, 0.3) is 0 Å². The summed E-state index contributed by atoms with van der Waals surface area (Å²) in [6, 6.07) is 0. The summed E-state index contributed by atoms with van der Waals surface area (Å²) < 4.78 is 0. The zero-order chi connectivity index (χ0) is 15.1. The Labute approximate surface area is 124 Å². The molecule has 0 aromatic heterocycles. The van der Waals surface area contributed by atoms with Crippen molar-refractivity contribution in [3.05, 3.63) is 0 Å². The highest BCUT2D eigenvalue weighted by Gasteiger charge is 2.40. The van der Waals surface area contributed by atoms with E-state index < -0.39 is 23.1 Å². The number of likely N-dealkylation sites (N-methyl/N-ethyl adjacent to an activating group) is 2. The smallest absolute Gasteiger partial charge is 0.261 e. The van der Waals surface area contributed by atoms with Crippen LogP contribution in [0.3, 0.4) is 0 Å². The predicted molar refractivity (Wildman–Crippen MR) is 82.0 cm³/mol. The van der Waals surface area contributed by atoms with E-state index in [4.69, 9.17) is 11.5 Å². The van der Waals surface area contributed by atoms with Crippen molar-refractivity contribution in [2.24, 2.45) is 11.5 Å². The molecule has 0 aliphatic carbocycles. The van der Waals surface area contributed by atoms with Gasteiger partial charge in [-0.25, -0.2) is 0 Å². The van der Waals surface area contributed by atoms with Crippen molar-refractivity contribution >= 4 is 37.1 Å². The summed E-state index contributed by atoms with van der Waals surface area (Å²) in [4.78, 5) is 24.0. The lowest BCUT2D eigenvalue weighted by Gasteiger charge is -2.33. The van der Waals surface area contributed by atoms with Crippen LogP contribution in [0.15, 0.2) is 0 Å². The third-order valence-corrected chi connectivity index (χ3v) is 3.47. The van der Waals surface area contributed by atoms with Crippen LogP contribution >= 0.6 is 25.3 Å². The standard InChI is InChI=1S/C10H23N5O2S2/c1-3-13-7(16)10(12,6-19)15-8(17)9(11,5-18)14-4-2/h14,18-19H,3-6,11-12H2,1-2H3,(H,13,16)(H,15,17)/t9-,10+/m0/s1. The Hall–Kier alpha value is -0.480. The zero-order valence-electron chi connectivity index (χ0n) is 11.2. The Morgan fingerprint density at radius 1 is 1.00 bits per heavy atom. The SMILES string of the molecule is CCNC(=O)[C@@](N)(CS)NC(=O)[C@](N)(CS)NCC. The highest BCUT2D eigenvalue weighted by Crippen LogP contribution is 2.05. The lowest BCUT2D eigenvalue weighted by Crippen LogP contribution is -2.74. The molecule has 2 amide bonds. The number of nitrogens with one attached hydrogen (secondary N) is 3. The molecule has 7 N–H and O–H groups in total. The maximum absolute atomic E-state index is 12.1. The van der Waals surface area contributed by atoms with Crippen molar-refractivity contribution in [1.29, 1.82) is 0 Å². The van der Waals surface area contributed by atoms with Crippen molar-refractivity contribution in [1.82, 2.24) is 16.0 Å². The molecule has 0 unspecified atom stereocenters. The second-order valence-electron chi connectivity index (χ2n) is 4.10. The highest BCUT2D eigenvalue weighted by molar-refractivity contribution is 7.80. The molecule has 0 saturated carbocycles. The van der Waals surface area contributed by atoms with Crippen molar-refractivity contribution < 1.29 is 9.59 Å². The van der Waals surface area contributed by atoms with Crippen LogP contribution in [0.4, 0.5) is 0 Å². The molecule has 112 valence electrons. The van der Waals surface area contributed by atoms with E-state index in [0.717, 1.165) is 0 Å². The minimum atomic E-state index is -1.61. The molecular weight excluding hydrogens is 286 g/mol. The van der Waals surface area contributed by atoms with Gasteiger partial charge in [0.15, 0.2) is 11.3 Å². The largest absolute Gasteiger partial charge is 0.353 e. The molecule has 0 heterocycles. The first-order valence-electron chi connectivity index (χ1n) is 5.95. The van der Waals surface area contributed by atoms with Crippen molar-refractivity contribution in [3.63, 3.8) is 0 Å². The Balaban J connectivity index is 4.96. The van der Waals surface area contributed by atoms with E-state index in [1.54, 1.807) is 13.8 Å². The molecule has 0 fully saturated rings. The van der Waals surface area contributed by atoms with Gasteiger partial charge in [-0.3, -0.25) is 14.9 Å². The summed E-state index contributed by atoms with van der Waals surface area (Å²) in [7, 11) is 0. The van der Waals surface area contributed by atoms with Crippen LogP contribution in [0.5, 0.6) is 0 Å². The first kappa shape index (κ1) is 18.5. The van der Waals surface area contributed by atoms with Gasteiger partial charge < -0.3 is 22.1 Å². The molecule has 0 saturated heterocycles. The maximum Gasteiger partial charge on any atom is 0.261 e. The fourth-order valence-electron chi connectivity index (χ4n) is 1.32. The predicted octanol–water partition coefficient (Wildman–Crippen LogP) is -1.98. The second-order valence-corrected chi connectivity index (χ2v) is 4.74. The van der Waals surface area contributed by atoms with E-state index in [0.29, 0.717) is 13.1 Å². The van der Waals surface area contributed by atoms with Gasteiger partial charge in [0.05, 0.1) is 0 Å². The number of hydrogen-bond acceptors (Lipinski definition) is 7. The van der Waals surface area contributed by atoms with Crippen LogP contribution in [-0.2, 0) is 9.59 Å². The third-order valence-electron chi connectivity index (χ3n) is 2.48. The number of hydrogen-bond donors (Lipinski definition) is 7.